The quantitative estimate of drug-likeness (QED) is 0.270. The van der Waals surface area contributed by atoms with Gasteiger partial charge in [-0.3, -0.25) is 4.79 Å². The van der Waals surface area contributed by atoms with Crippen molar-refractivity contribution in [3.8, 4) is 11.5 Å². The van der Waals surface area contributed by atoms with Crippen molar-refractivity contribution in [1.29, 1.82) is 0 Å². The molecule has 0 fully saturated rings. The number of carbonyl (C=O) groups excluding carboxylic acids is 1. The highest BCUT2D eigenvalue weighted by Crippen LogP contribution is 2.22. The first-order chi connectivity index (χ1) is 9.03. The number of nitrogens with two attached hydrogens (primary N) is 1. The van der Waals surface area contributed by atoms with E-state index >= 15 is 0 Å². The number of methoxy groups -OCH3 is 1. The molecule has 0 aliphatic carbocycles. The summed E-state index contributed by atoms with van der Waals surface area (Å²) in [5, 5.41) is 23.7. The van der Waals surface area contributed by atoms with Crippen LogP contribution in [0, 0.1) is 0 Å². The molecule has 0 aliphatic heterocycles. The molecule has 0 saturated heterocycles. The van der Waals surface area contributed by atoms with Crippen LogP contribution in [0.5, 0.6) is 11.5 Å². The van der Waals surface area contributed by atoms with E-state index in [0.29, 0.717) is 12.2 Å². The standard InChI is InChI=1S/C12H17N3O4/c1-3-9(11(13)15-18)14-12(17)8-6-7(19-2)4-5-10(8)16/h4-6,9,16,18H,3H2,1-2H3,(H2,13,15)(H,14,17). The van der Waals surface area contributed by atoms with Crippen molar-refractivity contribution in [2.24, 2.45) is 10.9 Å². The van der Waals surface area contributed by atoms with Crippen molar-refractivity contribution in [3.63, 3.8) is 0 Å². The third-order valence-electron chi connectivity index (χ3n) is 2.63. The first-order valence-corrected chi connectivity index (χ1v) is 5.68. The largest absolute Gasteiger partial charge is 0.507 e. The van der Waals surface area contributed by atoms with Crippen LogP contribution >= 0.6 is 0 Å². The number of benzene rings is 1. The number of amidine groups is 1. The summed E-state index contributed by atoms with van der Waals surface area (Å²) in [5.41, 5.74) is 5.51. The van der Waals surface area contributed by atoms with Crippen LogP contribution in [0.4, 0.5) is 0 Å². The van der Waals surface area contributed by atoms with Gasteiger partial charge >= 0.3 is 0 Å². The third kappa shape index (κ3) is 3.51. The average molecular weight is 267 g/mol. The number of phenols is 1. The van der Waals surface area contributed by atoms with Gasteiger partial charge in [0.05, 0.1) is 18.7 Å². The number of hydrogen-bond acceptors (Lipinski definition) is 5. The highest BCUT2D eigenvalue weighted by Gasteiger charge is 2.18. The number of nitrogens with zero attached hydrogens (tertiary/aromatic N) is 1. The highest BCUT2D eigenvalue weighted by molar-refractivity contribution is 6.00. The number of phenolic OH excluding ortho intramolecular Hbond substituents is 1. The van der Waals surface area contributed by atoms with E-state index < -0.39 is 11.9 Å². The normalized spacial score (nSPS) is 12.8. The maximum Gasteiger partial charge on any atom is 0.255 e. The molecule has 0 saturated carbocycles. The Morgan fingerprint density at radius 1 is 1.58 bits per heavy atom. The Labute approximate surface area is 110 Å². The Bertz CT molecular complexity index is 488. The summed E-state index contributed by atoms with van der Waals surface area (Å²) < 4.78 is 4.98. The Morgan fingerprint density at radius 2 is 2.26 bits per heavy atom. The first kappa shape index (κ1) is 14.6. The van der Waals surface area contributed by atoms with Crippen LogP contribution in [-0.2, 0) is 0 Å². The zero-order valence-corrected chi connectivity index (χ0v) is 10.8. The molecule has 19 heavy (non-hydrogen) atoms. The van der Waals surface area contributed by atoms with Gasteiger partial charge in [0.15, 0.2) is 5.84 Å². The number of carbonyl (C=O) groups is 1. The highest BCUT2D eigenvalue weighted by atomic mass is 16.5. The van der Waals surface area contributed by atoms with Gasteiger partial charge in [-0.25, -0.2) is 0 Å². The second-order valence-electron chi connectivity index (χ2n) is 3.84. The Hall–Kier alpha value is -2.44. The SMILES string of the molecule is CCC(NC(=O)c1cc(OC)ccc1O)C(N)=NO. The Balaban J connectivity index is 2.94. The molecule has 1 amide bonds. The lowest BCUT2D eigenvalue weighted by atomic mass is 10.1. The molecule has 1 aromatic rings. The fourth-order valence-corrected chi connectivity index (χ4v) is 1.51. The van der Waals surface area contributed by atoms with Crippen LogP contribution in [0.15, 0.2) is 23.4 Å². The van der Waals surface area contributed by atoms with E-state index in [9.17, 15) is 9.90 Å². The van der Waals surface area contributed by atoms with Gasteiger partial charge in [-0.1, -0.05) is 12.1 Å². The molecule has 7 nitrogen and oxygen atoms in total. The summed E-state index contributed by atoms with van der Waals surface area (Å²) in [6, 6.07) is 3.69. The molecule has 104 valence electrons. The monoisotopic (exact) mass is 267 g/mol. The van der Waals surface area contributed by atoms with E-state index in [1.807, 2.05) is 0 Å². The second kappa shape index (κ2) is 6.48. The van der Waals surface area contributed by atoms with Crippen LogP contribution in [0.3, 0.4) is 0 Å². The van der Waals surface area contributed by atoms with Gasteiger partial charge in [-0.05, 0) is 24.6 Å². The van der Waals surface area contributed by atoms with Crippen LogP contribution < -0.4 is 15.8 Å². The minimum Gasteiger partial charge on any atom is -0.507 e. The van der Waals surface area contributed by atoms with E-state index in [-0.39, 0.29) is 17.1 Å². The fraction of sp³-hybridized carbons (Fsp3) is 0.333. The molecule has 1 unspecified atom stereocenters. The molecule has 0 aromatic heterocycles. The number of ether oxygens (including phenoxy) is 1. The first-order valence-electron chi connectivity index (χ1n) is 5.68. The van der Waals surface area contributed by atoms with Crippen molar-refractivity contribution in [2.75, 3.05) is 7.11 Å². The number of oxime groups is 1. The summed E-state index contributed by atoms with van der Waals surface area (Å²) in [4.78, 5) is 12.0. The van der Waals surface area contributed by atoms with Crippen LogP contribution in [0.25, 0.3) is 0 Å². The zero-order valence-electron chi connectivity index (χ0n) is 10.8. The minimum absolute atomic E-state index is 0.0588. The van der Waals surface area contributed by atoms with E-state index in [2.05, 4.69) is 10.5 Å². The number of hydrogen-bond donors (Lipinski definition) is 4. The van der Waals surface area contributed by atoms with E-state index in [1.165, 1.54) is 25.3 Å². The molecule has 5 N–H and O–H groups in total. The summed E-state index contributed by atoms with van der Waals surface area (Å²) >= 11 is 0. The smallest absolute Gasteiger partial charge is 0.255 e. The van der Waals surface area contributed by atoms with Gasteiger partial charge < -0.3 is 26.1 Å². The summed E-state index contributed by atoms with van der Waals surface area (Å²) in [6.07, 6.45) is 0.451. The predicted octanol–water partition coefficient (Wildman–Crippen LogP) is 0.656. The third-order valence-corrected chi connectivity index (χ3v) is 2.63. The number of amides is 1. The molecule has 0 spiro atoms. The Morgan fingerprint density at radius 3 is 2.79 bits per heavy atom. The molecule has 0 heterocycles. The second-order valence-corrected chi connectivity index (χ2v) is 3.84. The van der Waals surface area contributed by atoms with Gasteiger partial charge in [-0.2, -0.15) is 0 Å². The van der Waals surface area contributed by atoms with Crippen molar-refractivity contribution in [1.82, 2.24) is 5.32 Å². The molecule has 7 heteroatoms. The predicted molar refractivity (Wildman–Crippen MR) is 69.6 cm³/mol. The lowest BCUT2D eigenvalue weighted by Crippen LogP contribution is -2.44. The van der Waals surface area contributed by atoms with E-state index in [1.54, 1.807) is 6.92 Å². The molecule has 1 atom stereocenters. The molecular weight excluding hydrogens is 250 g/mol. The van der Waals surface area contributed by atoms with Crippen molar-refractivity contribution in [3.05, 3.63) is 23.8 Å². The summed E-state index contributed by atoms with van der Waals surface area (Å²) in [5.74, 6) is -0.361. The maximum atomic E-state index is 12.0. The van der Waals surface area contributed by atoms with Crippen molar-refractivity contribution >= 4 is 11.7 Å². The number of aromatic hydroxyl groups is 1. The topological polar surface area (TPSA) is 117 Å². The minimum atomic E-state index is -0.608. The molecular formula is C12H17N3O4. The van der Waals surface area contributed by atoms with Gasteiger partial charge in [0.1, 0.15) is 11.5 Å². The van der Waals surface area contributed by atoms with E-state index in [4.69, 9.17) is 15.7 Å². The van der Waals surface area contributed by atoms with Crippen LogP contribution in [0.1, 0.15) is 23.7 Å². The zero-order chi connectivity index (χ0) is 14.4. The molecule has 0 bridgehead atoms. The maximum absolute atomic E-state index is 12.0. The van der Waals surface area contributed by atoms with Crippen LogP contribution in [0.2, 0.25) is 0 Å². The van der Waals surface area contributed by atoms with Crippen molar-refractivity contribution in [2.45, 2.75) is 19.4 Å². The lowest BCUT2D eigenvalue weighted by molar-refractivity contribution is 0.0942. The molecule has 0 aliphatic rings. The average Bonchev–Trinajstić information content (AvgIpc) is 2.44. The van der Waals surface area contributed by atoms with Gasteiger partial charge in [0, 0.05) is 0 Å². The van der Waals surface area contributed by atoms with Gasteiger partial charge in [0.2, 0.25) is 0 Å². The summed E-state index contributed by atoms with van der Waals surface area (Å²) in [6.45, 7) is 1.77. The Kier molecular flexibility index (Phi) is 4.99. The number of nitrogens with one attached hydrogen (secondary N) is 1. The fourth-order valence-electron chi connectivity index (χ4n) is 1.51. The molecule has 0 radical (unpaired) electrons. The van der Waals surface area contributed by atoms with Gasteiger partial charge in [-0.15, -0.1) is 0 Å². The summed E-state index contributed by atoms with van der Waals surface area (Å²) in [7, 11) is 1.46. The lowest BCUT2D eigenvalue weighted by Gasteiger charge is -2.16. The number of rotatable bonds is 5. The van der Waals surface area contributed by atoms with Crippen LogP contribution in [-0.4, -0.2) is 35.2 Å². The van der Waals surface area contributed by atoms with Gasteiger partial charge in [0.25, 0.3) is 5.91 Å². The van der Waals surface area contributed by atoms with Crippen molar-refractivity contribution < 1.29 is 19.8 Å². The molecule has 1 aromatic carbocycles. The molecule has 1 rings (SSSR count). The van der Waals surface area contributed by atoms with E-state index in [0.717, 1.165) is 0 Å².